The van der Waals surface area contributed by atoms with Crippen molar-refractivity contribution in [3.05, 3.63) is 53.1 Å². The first-order valence-corrected chi connectivity index (χ1v) is 10.2. The first-order valence-electron chi connectivity index (χ1n) is 10.2. The van der Waals surface area contributed by atoms with E-state index < -0.39 is 18.2 Å². The molecule has 4 rings (SSSR count). The number of esters is 1. The molecular weight excluding hydrogens is 416 g/mol. The van der Waals surface area contributed by atoms with Crippen LogP contribution < -0.4 is 19.5 Å². The summed E-state index contributed by atoms with van der Waals surface area (Å²) in [4.78, 5) is 39.6. The first kappa shape index (κ1) is 21.5. The highest BCUT2D eigenvalue weighted by atomic mass is 16.6. The normalized spacial score (nSPS) is 19.4. The smallest absolute Gasteiger partial charge is 0.344 e. The highest BCUT2D eigenvalue weighted by Crippen LogP contribution is 2.45. The lowest BCUT2D eigenvalue weighted by molar-refractivity contribution is -0.145. The SMILES string of the molecule is COc1ccc(CNC(=O)[C@H]2CCC(=O)N2[C@@H]2OC(=O)c3c2ccc(OC)c3OC)cc1. The summed E-state index contributed by atoms with van der Waals surface area (Å²) >= 11 is 0. The van der Waals surface area contributed by atoms with E-state index in [4.69, 9.17) is 18.9 Å². The number of fused-ring (bicyclic) bond motifs is 1. The predicted molar refractivity (Wildman–Crippen MR) is 112 cm³/mol. The summed E-state index contributed by atoms with van der Waals surface area (Å²) in [5.41, 5.74) is 1.56. The van der Waals surface area contributed by atoms with Crippen LogP contribution in [0.3, 0.4) is 0 Å². The Hall–Kier alpha value is -3.75. The van der Waals surface area contributed by atoms with E-state index in [0.29, 0.717) is 24.3 Å². The molecule has 1 fully saturated rings. The van der Waals surface area contributed by atoms with Gasteiger partial charge in [0.2, 0.25) is 18.0 Å². The topological polar surface area (TPSA) is 103 Å². The van der Waals surface area contributed by atoms with E-state index in [1.54, 1.807) is 19.2 Å². The Kier molecular flexibility index (Phi) is 5.89. The van der Waals surface area contributed by atoms with E-state index in [-0.39, 0.29) is 29.5 Å². The van der Waals surface area contributed by atoms with Crippen LogP contribution in [0.15, 0.2) is 36.4 Å². The van der Waals surface area contributed by atoms with Crippen LogP contribution in [0.5, 0.6) is 17.2 Å². The number of methoxy groups -OCH3 is 3. The van der Waals surface area contributed by atoms with Gasteiger partial charge in [-0.1, -0.05) is 12.1 Å². The lowest BCUT2D eigenvalue weighted by Crippen LogP contribution is -2.46. The van der Waals surface area contributed by atoms with Gasteiger partial charge >= 0.3 is 5.97 Å². The Morgan fingerprint density at radius 1 is 1.06 bits per heavy atom. The van der Waals surface area contributed by atoms with E-state index in [1.165, 1.54) is 19.1 Å². The molecule has 1 N–H and O–H groups in total. The summed E-state index contributed by atoms with van der Waals surface area (Å²) in [7, 11) is 4.48. The van der Waals surface area contributed by atoms with Crippen LogP contribution in [-0.2, 0) is 20.9 Å². The second-order valence-electron chi connectivity index (χ2n) is 7.44. The molecule has 2 atom stereocenters. The van der Waals surface area contributed by atoms with Gasteiger partial charge in [-0.05, 0) is 36.2 Å². The number of amides is 2. The molecule has 0 radical (unpaired) electrons. The number of hydrogen-bond donors (Lipinski definition) is 1. The summed E-state index contributed by atoms with van der Waals surface area (Å²) in [6.07, 6.45) is -0.467. The number of ether oxygens (including phenoxy) is 4. The Bertz CT molecular complexity index is 1050. The average Bonchev–Trinajstić information content (AvgIpc) is 3.36. The second kappa shape index (κ2) is 8.78. The Labute approximate surface area is 185 Å². The van der Waals surface area contributed by atoms with Crippen molar-refractivity contribution in [2.24, 2.45) is 0 Å². The van der Waals surface area contributed by atoms with E-state index in [0.717, 1.165) is 11.3 Å². The zero-order chi connectivity index (χ0) is 22.8. The van der Waals surface area contributed by atoms with E-state index in [2.05, 4.69) is 5.32 Å². The fourth-order valence-electron chi connectivity index (χ4n) is 4.09. The fraction of sp³-hybridized carbons (Fsp3) is 0.348. The molecule has 2 amide bonds. The fourth-order valence-corrected chi connectivity index (χ4v) is 4.09. The third-order valence-corrected chi connectivity index (χ3v) is 5.70. The molecule has 32 heavy (non-hydrogen) atoms. The molecule has 0 bridgehead atoms. The lowest BCUT2D eigenvalue weighted by Gasteiger charge is -2.29. The molecule has 2 aliphatic rings. The van der Waals surface area contributed by atoms with Gasteiger partial charge in [-0.2, -0.15) is 0 Å². The van der Waals surface area contributed by atoms with Gasteiger partial charge in [0.15, 0.2) is 11.5 Å². The Morgan fingerprint density at radius 2 is 1.81 bits per heavy atom. The zero-order valence-electron chi connectivity index (χ0n) is 18.0. The first-order chi connectivity index (χ1) is 15.5. The number of nitrogens with one attached hydrogen (secondary N) is 1. The van der Waals surface area contributed by atoms with Gasteiger partial charge in [-0.3, -0.25) is 14.5 Å². The van der Waals surface area contributed by atoms with E-state index >= 15 is 0 Å². The molecule has 2 aromatic rings. The minimum atomic E-state index is -0.996. The van der Waals surface area contributed by atoms with Crippen molar-refractivity contribution in [1.29, 1.82) is 0 Å². The van der Waals surface area contributed by atoms with Gasteiger partial charge in [0, 0.05) is 18.5 Å². The van der Waals surface area contributed by atoms with Crippen molar-refractivity contribution in [2.45, 2.75) is 31.7 Å². The zero-order valence-corrected chi connectivity index (χ0v) is 18.0. The van der Waals surface area contributed by atoms with Gasteiger partial charge in [0.1, 0.15) is 17.4 Å². The van der Waals surface area contributed by atoms with Crippen molar-refractivity contribution in [3.8, 4) is 17.2 Å². The number of carbonyl (C=O) groups excluding carboxylic acids is 3. The summed E-state index contributed by atoms with van der Waals surface area (Å²) in [5, 5.41) is 2.87. The highest BCUT2D eigenvalue weighted by Gasteiger charge is 2.47. The molecule has 0 unspecified atom stereocenters. The minimum Gasteiger partial charge on any atom is -0.497 e. The summed E-state index contributed by atoms with van der Waals surface area (Å²) in [5.74, 6) is 0.154. The van der Waals surface area contributed by atoms with Gasteiger partial charge in [-0.15, -0.1) is 0 Å². The van der Waals surface area contributed by atoms with Crippen molar-refractivity contribution >= 4 is 17.8 Å². The Balaban J connectivity index is 1.55. The molecule has 0 saturated carbocycles. The van der Waals surface area contributed by atoms with Gasteiger partial charge in [0.25, 0.3) is 0 Å². The molecule has 1 saturated heterocycles. The molecule has 0 aliphatic carbocycles. The standard InChI is InChI=1S/C23H24N2O7/c1-29-14-6-4-13(5-7-14)12-24-21(27)16-9-11-18(26)25(16)22-15-8-10-17(30-2)20(31-3)19(15)23(28)32-22/h4-8,10,16,22H,9,11-12H2,1-3H3,(H,24,27)/t16-,22-/m1/s1. The van der Waals surface area contributed by atoms with Crippen LogP contribution in [0, 0.1) is 0 Å². The number of carbonyl (C=O) groups is 3. The van der Waals surface area contributed by atoms with Crippen LogP contribution in [0.1, 0.15) is 40.6 Å². The quantitative estimate of drug-likeness (QED) is 0.658. The number of hydrogen-bond acceptors (Lipinski definition) is 7. The minimum absolute atomic E-state index is 0.192. The van der Waals surface area contributed by atoms with Crippen LogP contribution in [-0.4, -0.2) is 50.1 Å². The number of cyclic esters (lactones) is 1. The van der Waals surface area contributed by atoms with Gasteiger partial charge in [0.05, 0.1) is 21.3 Å². The van der Waals surface area contributed by atoms with Gasteiger partial charge in [-0.25, -0.2) is 4.79 Å². The van der Waals surface area contributed by atoms with E-state index in [1.807, 2.05) is 24.3 Å². The molecular formula is C23H24N2O7. The molecule has 9 heteroatoms. The lowest BCUT2D eigenvalue weighted by atomic mass is 10.1. The van der Waals surface area contributed by atoms with Crippen molar-refractivity contribution in [3.63, 3.8) is 0 Å². The predicted octanol–water partition coefficient (Wildman–Crippen LogP) is 2.19. The van der Waals surface area contributed by atoms with Gasteiger partial charge < -0.3 is 24.3 Å². The summed E-state index contributed by atoms with van der Waals surface area (Å²) in [6.45, 7) is 0.299. The number of rotatable bonds is 7. The molecule has 2 heterocycles. The molecule has 0 aromatic heterocycles. The maximum atomic E-state index is 13.0. The third kappa shape index (κ3) is 3.70. The molecule has 168 valence electrons. The Morgan fingerprint density at radius 3 is 2.47 bits per heavy atom. The molecule has 2 aromatic carbocycles. The third-order valence-electron chi connectivity index (χ3n) is 5.70. The monoisotopic (exact) mass is 440 g/mol. The summed E-state index contributed by atoms with van der Waals surface area (Å²) in [6, 6.07) is 9.87. The molecule has 0 spiro atoms. The second-order valence-corrected chi connectivity index (χ2v) is 7.44. The number of likely N-dealkylation sites (tertiary alicyclic amines) is 1. The van der Waals surface area contributed by atoms with Crippen LogP contribution >= 0.6 is 0 Å². The van der Waals surface area contributed by atoms with Crippen molar-refractivity contribution < 1.29 is 33.3 Å². The molecule has 9 nitrogen and oxygen atoms in total. The largest absolute Gasteiger partial charge is 0.497 e. The maximum absolute atomic E-state index is 13.0. The summed E-state index contributed by atoms with van der Waals surface area (Å²) < 4.78 is 21.3. The number of benzene rings is 2. The highest BCUT2D eigenvalue weighted by molar-refractivity contribution is 5.99. The van der Waals surface area contributed by atoms with Crippen molar-refractivity contribution in [1.82, 2.24) is 10.2 Å². The van der Waals surface area contributed by atoms with Crippen molar-refractivity contribution in [2.75, 3.05) is 21.3 Å². The molecule has 2 aliphatic heterocycles. The van der Waals surface area contributed by atoms with E-state index in [9.17, 15) is 14.4 Å². The van der Waals surface area contributed by atoms with Crippen LogP contribution in [0.25, 0.3) is 0 Å². The van der Waals surface area contributed by atoms with Crippen LogP contribution in [0.4, 0.5) is 0 Å². The average molecular weight is 440 g/mol. The maximum Gasteiger partial charge on any atom is 0.344 e. The number of nitrogens with zero attached hydrogens (tertiary/aromatic N) is 1. The van der Waals surface area contributed by atoms with Crippen LogP contribution in [0.2, 0.25) is 0 Å².